The summed E-state index contributed by atoms with van der Waals surface area (Å²) in [6, 6.07) is 15.8. The summed E-state index contributed by atoms with van der Waals surface area (Å²) in [6.07, 6.45) is 4.18. The number of aryl methyl sites for hydroxylation is 1. The summed E-state index contributed by atoms with van der Waals surface area (Å²) >= 11 is 6.02. The molecule has 1 heterocycles. The van der Waals surface area contributed by atoms with E-state index in [-0.39, 0.29) is 17.5 Å². The summed E-state index contributed by atoms with van der Waals surface area (Å²) in [6.45, 7) is 1.48. The average molecular weight is 536 g/mol. The molecular formula is C27H38ClN3O4S. The molecule has 2 atom stereocenters. The molecule has 0 spiro atoms. The average Bonchev–Trinajstić information content (AvgIpc) is 2.86. The second-order valence-corrected chi connectivity index (χ2v) is 12.0. The van der Waals surface area contributed by atoms with Gasteiger partial charge in [-0.05, 0) is 82.6 Å². The van der Waals surface area contributed by atoms with Gasteiger partial charge in [-0.3, -0.25) is 0 Å². The van der Waals surface area contributed by atoms with Gasteiger partial charge in [-0.25, -0.2) is 13.2 Å². The fourth-order valence-electron chi connectivity index (χ4n) is 4.66. The highest BCUT2D eigenvalue weighted by Crippen LogP contribution is 2.33. The first kappa shape index (κ1) is 28.4. The maximum absolute atomic E-state index is 13.8. The maximum atomic E-state index is 13.8. The van der Waals surface area contributed by atoms with Crippen LogP contribution in [0.1, 0.15) is 37.7 Å². The predicted octanol–water partition coefficient (Wildman–Crippen LogP) is 4.90. The zero-order valence-electron chi connectivity index (χ0n) is 21.5. The number of amides is 1. The molecule has 1 saturated heterocycles. The Hall–Kier alpha value is -2.13. The van der Waals surface area contributed by atoms with Crippen molar-refractivity contribution in [3.8, 4) is 0 Å². The molecule has 7 nitrogen and oxygen atoms in total. The van der Waals surface area contributed by atoms with Crippen LogP contribution in [0.3, 0.4) is 0 Å². The van der Waals surface area contributed by atoms with Crippen molar-refractivity contribution in [2.45, 2.75) is 55.5 Å². The van der Waals surface area contributed by atoms with E-state index >= 15 is 0 Å². The van der Waals surface area contributed by atoms with E-state index in [0.717, 1.165) is 32.2 Å². The van der Waals surface area contributed by atoms with Crippen molar-refractivity contribution in [3.05, 3.63) is 65.2 Å². The Kier molecular flexibility index (Phi) is 10.6. The molecule has 0 bridgehead atoms. The number of rotatable bonds is 11. The molecule has 0 unspecified atom stereocenters. The summed E-state index contributed by atoms with van der Waals surface area (Å²) in [5.74, 6) is 0. The first-order valence-electron chi connectivity index (χ1n) is 12.5. The number of nitrogens with zero attached hydrogens (tertiary/aromatic N) is 3. The Balaban J connectivity index is 1.75. The van der Waals surface area contributed by atoms with Gasteiger partial charge in [-0.15, -0.1) is 0 Å². The Labute approximate surface area is 221 Å². The van der Waals surface area contributed by atoms with Gasteiger partial charge in [0.15, 0.2) is 0 Å². The van der Waals surface area contributed by atoms with Crippen molar-refractivity contribution in [1.29, 1.82) is 0 Å². The summed E-state index contributed by atoms with van der Waals surface area (Å²) in [4.78, 5) is 16.4. The minimum Gasteiger partial charge on any atom is -0.448 e. The first-order valence-corrected chi connectivity index (χ1v) is 14.4. The maximum Gasteiger partial charge on any atom is 0.409 e. The number of carbonyl (C=O) groups is 1. The Morgan fingerprint density at radius 3 is 2.33 bits per heavy atom. The largest absolute Gasteiger partial charge is 0.448 e. The standard InChI is InChI=1S/C27H38ClN3O4S/c1-29(2)19-8-20-30(3)27(32)35-21-25-12-7-11-24(16-13-22-9-5-4-6-10-22)31(25)36(33,34)26-17-14-23(28)15-18-26/h4-6,9-10,14-15,17-18,24-25H,7-8,11-13,16,19-21H2,1-3H3/t24-,25+/m0/s1. The number of ether oxygens (including phenoxy) is 1. The predicted molar refractivity (Wildman–Crippen MR) is 144 cm³/mol. The van der Waals surface area contributed by atoms with Crippen molar-refractivity contribution >= 4 is 27.7 Å². The van der Waals surface area contributed by atoms with E-state index in [1.165, 1.54) is 5.56 Å². The molecule has 36 heavy (non-hydrogen) atoms. The van der Waals surface area contributed by atoms with Crippen LogP contribution in [0.4, 0.5) is 4.79 Å². The summed E-state index contributed by atoms with van der Waals surface area (Å²) in [7, 11) is 1.89. The van der Waals surface area contributed by atoms with Crippen LogP contribution in [0.25, 0.3) is 0 Å². The highest BCUT2D eigenvalue weighted by Gasteiger charge is 2.40. The van der Waals surface area contributed by atoms with Gasteiger partial charge in [0.05, 0.1) is 10.9 Å². The van der Waals surface area contributed by atoms with Gasteiger partial charge in [0, 0.05) is 24.7 Å². The van der Waals surface area contributed by atoms with Crippen molar-refractivity contribution in [3.63, 3.8) is 0 Å². The van der Waals surface area contributed by atoms with Crippen molar-refractivity contribution in [2.24, 2.45) is 0 Å². The lowest BCUT2D eigenvalue weighted by Crippen LogP contribution is -2.52. The van der Waals surface area contributed by atoms with Crippen LogP contribution >= 0.6 is 11.6 Å². The Bertz CT molecular complexity index is 1060. The Morgan fingerprint density at radius 1 is 1.00 bits per heavy atom. The smallest absolute Gasteiger partial charge is 0.409 e. The van der Waals surface area contributed by atoms with E-state index in [9.17, 15) is 13.2 Å². The number of halogens is 1. The highest BCUT2D eigenvalue weighted by atomic mass is 35.5. The summed E-state index contributed by atoms with van der Waals surface area (Å²) in [5.41, 5.74) is 1.18. The lowest BCUT2D eigenvalue weighted by atomic mass is 9.94. The lowest BCUT2D eigenvalue weighted by Gasteiger charge is -2.41. The third kappa shape index (κ3) is 7.93. The number of piperidine rings is 1. The van der Waals surface area contributed by atoms with Gasteiger partial charge < -0.3 is 14.5 Å². The normalized spacial score (nSPS) is 18.8. The third-order valence-electron chi connectivity index (χ3n) is 6.60. The van der Waals surface area contributed by atoms with Gasteiger partial charge in [0.1, 0.15) is 6.61 Å². The molecule has 0 radical (unpaired) electrons. The number of carbonyl (C=O) groups excluding carboxylic acids is 1. The summed E-state index contributed by atoms with van der Waals surface area (Å²) < 4.78 is 34.9. The van der Waals surface area contributed by atoms with Crippen LogP contribution in [-0.2, 0) is 21.2 Å². The fraction of sp³-hybridized carbons (Fsp3) is 0.519. The minimum atomic E-state index is -3.81. The summed E-state index contributed by atoms with van der Waals surface area (Å²) in [5, 5.41) is 0.482. The van der Waals surface area contributed by atoms with Gasteiger partial charge in [0.2, 0.25) is 10.0 Å². The van der Waals surface area contributed by atoms with Crippen molar-refractivity contribution < 1.29 is 17.9 Å². The van der Waals surface area contributed by atoms with Crippen LogP contribution in [0.2, 0.25) is 5.02 Å². The van der Waals surface area contributed by atoms with E-state index in [1.54, 1.807) is 40.5 Å². The molecule has 198 valence electrons. The lowest BCUT2D eigenvalue weighted by molar-refractivity contribution is 0.0649. The van der Waals surface area contributed by atoms with Gasteiger partial charge in [-0.2, -0.15) is 4.31 Å². The van der Waals surface area contributed by atoms with Crippen LogP contribution in [0, 0.1) is 0 Å². The molecule has 0 aromatic heterocycles. The monoisotopic (exact) mass is 535 g/mol. The topological polar surface area (TPSA) is 70.2 Å². The Morgan fingerprint density at radius 2 is 1.67 bits per heavy atom. The molecular weight excluding hydrogens is 498 g/mol. The van der Waals surface area contributed by atoms with Gasteiger partial charge in [-0.1, -0.05) is 48.4 Å². The molecule has 0 aliphatic carbocycles. The molecule has 3 rings (SSSR count). The third-order valence-corrected chi connectivity index (χ3v) is 8.87. The first-order chi connectivity index (χ1) is 17.2. The van der Waals surface area contributed by atoms with Gasteiger partial charge in [0.25, 0.3) is 0 Å². The van der Waals surface area contributed by atoms with Crippen molar-refractivity contribution in [1.82, 2.24) is 14.1 Å². The van der Waals surface area contributed by atoms with E-state index in [4.69, 9.17) is 16.3 Å². The van der Waals surface area contributed by atoms with Crippen molar-refractivity contribution in [2.75, 3.05) is 40.8 Å². The zero-order chi connectivity index (χ0) is 26.1. The molecule has 1 aliphatic heterocycles. The number of benzene rings is 2. The van der Waals surface area contributed by atoms with Crippen LogP contribution in [-0.4, -0.2) is 81.5 Å². The van der Waals surface area contributed by atoms with E-state index in [1.807, 2.05) is 32.3 Å². The molecule has 9 heteroatoms. The second-order valence-electron chi connectivity index (χ2n) is 9.71. The number of hydrogen-bond donors (Lipinski definition) is 0. The molecule has 1 fully saturated rings. The zero-order valence-corrected chi connectivity index (χ0v) is 23.0. The minimum absolute atomic E-state index is 0.0332. The fourth-order valence-corrected chi connectivity index (χ4v) is 6.67. The molecule has 0 N–H and O–H groups in total. The quantitative estimate of drug-likeness (QED) is 0.409. The van der Waals surface area contributed by atoms with E-state index in [0.29, 0.717) is 24.4 Å². The highest BCUT2D eigenvalue weighted by molar-refractivity contribution is 7.89. The molecule has 0 saturated carbocycles. The van der Waals surface area contributed by atoms with Crippen LogP contribution < -0.4 is 0 Å². The number of hydrogen-bond acceptors (Lipinski definition) is 5. The number of sulfonamides is 1. The van der Waals surface area contributed by atoms with Gasteiger partial charge >= 0.3 is 6.09 Å². The van der Waals surface area contributed by atoms with E-state index < -0.39 is 22.2 Å². The van der Waals surface area contributed by atoms with Crippen LogP contribution in [0.5, 0.6) is 0 Å². The SMILES string of the molecule is CN(C)CCCN(C)C(=O)OC[C@H]1CCC[C@@H](CCc2ccccc2)N1S(=O)(=O)c1ccc(Cl)cc1. The molecule has 2 aromatic carbocycles. The van der Waals surface area contributed by atoms with E-state index in [2.05, 4.69) is 17.0 Å². The molecule has 1 aliphatic rings. The molecule has 1 amide bonds. The second kappa shape index (κ2) is 13.4. The van der Waals surface area contributed by atoms with Crippen LogP contribution in [0.15, 0.2) is 59.5 Å². The molecule has 2 aromatic rings.